The van der Waals surface area contributed by atoms with Crippen molar-refractivity contribution in [3.63, 3.8) is 0 Å². The van der Waals surface area contributed by atoms with Gasteiger partial charge in [0.05, 0.1) is 18.4 Å². The summed E-state index contributed by atoms with van der Waals surface area (Å²) in [6.45, 7) is 3.94. The van der Waals surface area contributed by atoms with Gasteiger partial charge in [-0.25, -0.2) is 4.90 Å². The van der Waals surface area contributed by atoms with Gasteiger partial charge in [-0.15, -0.1) is 0 Å². The first kappa shape index (κ1) is 19.5. The van der Waals surface area contributed by atoms with E-state index in [-0.39, 0.29) is 17.5 Å². The van der Waals surface area contributed by atoms with Gasteiger partial charge in [-0.3, -0.25) is 9.59 Å². The Hall–Kier alpha value is -3.86. The molecule has 150 valence electrons. The van der Waals surface area contributed by atoms with Gasteiger partial charge in [-0.05, 0) is 55.3 Å². The quantitative estimate of drug-likeness (QED) is 0.633. The van der Waals surface area contributed by atoms with Crippen LogP contribution in [0.25, 0.3) is 5.57 Å². The Balaban J connectivity index is 1.81. The summed E-state index contributed by atoms with van der Waals surface area (Å²) in [5.41, 5.74) is 4.68. The molecule has 0 spiro atoms. The molecule has 0 atom stereocenters. The van der Waals surface area contributed by atoms with Gasteiger partial charge in [0.1, 0.15) is 11.4 Å². The molecule has 0 bridgehead atoms. The zero-order valence-corrected chi connectivity index (χ0v) is 17.1. The predicted molar refractivity (Wildman–Crippen MR) is 118 cm³/mol. The largest absolute Gasteiger partial charge is 0.497 e. The fourth-order valence-electron chi connectivity index (χ4n) is 3.45. The first-order chi connectivity index (χ1) is 14.5. The van der Waals surface area contributed by atoms with Gasteiger partial charge in [-0.2, -0.15) is 0 Å². The third-order valence-corrected chi connectivity index (χ3v) is 5.16. The second-order valence-electron chi connectivity index (χ2n) is 7.20. The summed E-state index contributed by atoms with van der Waals surface area (Å²) < 4.78 is 5.19. The Kier molecular flexibility index (Phi) is 5.11. The molecule has 1 N–H and O–H groups in total. The Morgan fingerprint density at radius 1 is 0.800 bits per heavy atom. The second-order valence-corrected chi connectivity index (χ2v) is 7.20. The van der Waals surface area contributed by atoms with Crippen LogP contribution in [0.3, 0.4) is 0 Å². The molecule has 3 aromatic rings. The molecule has 0 unspecified atom stereocenters. The Morgan fingerprint density at radius 2 is 1.47 bits per heavy atom. The molecule has 30 heavy (non-hydrogen) atoms. The van der Waals surface area contributed by atoms with E-state index in [2.05, 4.69) is 5.32 Å². The SMILES string of the molecule is COc1ccc(N2C(=O)C(Nc3ccccc3C)=C(c3ccc(C)cc3)C2=O)cc1. The van der Waals surface area contributed by atoms with E-state index in [4.69, 9.17) is 4.74 Å². The van der Waals surface area contributed by atoms with Crippen LogP contribution in [0.15, 0.2) is 78.5 Å². The van der Waals surface area contributed by atoms with Gasteiger partial charge in [0, 0.05) is 5.69 Å². The summed E-state index contributed by atoms with van der Waals surface area (Å²) in [5, 5.41) is 3.22. The molecule has 2 amide bonds. The van der Waals surface area contributed by atoms with Crippen molar-refractivity contribution in [1.29, 1.82) is 0 Å². The maximum atomic E-state index is 13.4. The molecule has 0 saturated heterocycles. The maximum absolute atomic E-state index is 13.4. The molecule has 0 aliphatic carbocycles. The molecular formula is C25H22N2O3. The van der Waals surface area contributed by atoms with E-state index in [9.17, 15) is 9.59 Å². The van der Waals surface area contributed by atoms with Gasteiger partial charge in [-0.1, -0.05) is 48.0 Å². The normalized spacial score (nSPS) is 13.8. The van der Waals surface area contributed by atoms with Crippen molar-refractivity contribution in [2.75, 3.05) is 17.3 Å². The van der Waals surface area contributed by atoms with Crippen molar-refractivity contribution < 1.29 is 14.3 Å². The van der Waals surface area contributed by atoms with Gasteiger partial charge in [0.25, 0.3) is 11.8 Å². The van der Waals surface area contributed by atoms with Gasteiger partial charge < -0.3 is 10.1 Å². The number of amides is 2. The first-order valence-electron chi connectivity index (χ1n) is 9.66. The van der Waals surface area contributed by atoms with Gasteiger partial charge >= 0.3 is 0 Å². The second kappa shape index (κ2) is 7.87. The van der Waals surface area contributed by atoms with Crippen LogP contribution in [-0.4, -0.2) is 18.9 Å². The van der Waals surface area contributed by atoms with Crippen LogP contribution < -0.4 is 15.0 Å². The minimum atomic E-state index is -0.385. The topological polar surface area (TPSA) is 58.6 Å². The molecule has 0 radical (unpaired) electrons. The van der Waals surface area contributed by atoms with Crippen molar-refractivity contribution >= 4 is 28.8 Å². The number of para-hydroxylation sites is 1. The molecule has 5 nitrogen and oxygen atoms in total. The number of nitrogens with one attached hydrogen (secondary N) is 1. The van der Waals surface area contributed by atoms with Crippen molar-refractivity contribution in [3.8, 4) is 5.75 Å². The number of carbonyl (C=O) groups is 2. The molecule has 1 heterocycles. The van der Waals surface area contributed by atoms with E-state index in [0.717, 1.165) is 16.8 Å². The first-order valence-corrected chi connectivity index (χ1v) is 9.66. The van der Waals surface area contributed by atoms with Crippen LogP contribution in [0.5, 0.6) is 5.75 Å². The van der Waals surface area contributed by atoms with E-state index in [0.29, 0.717) is 22.6 Å². The Morgan fingerprint density at radius 3 is 2.10 bits per heavy atom. The zero-order valence-electron chi connectivity index (χ0n) is 17.1. The highest BCUT2D eigenvalue weighted by Crippen LogP contribution is 2.34. The van der Waals surface area contributed by atoms with E-state index < -0.39 is 0 Å². The number of ether oxygens (including phenoxy) is 1. The van der Waals surface area contributed by atoms with E-state index in [1.165, 1.54) is 4.90 Å². The molecule has 0 aromatic heterocycles. The van der Waals surface area contributed by atoms with Crippen molar-refractivity contribution in [2.24, 2.45) is 0 Å². The molecule has 1 aliphatic heterocycles. The number of aryl methyl sites for hydroxylation is 2. The van der Waals surface area contributed by atoms with E-state index in [1.54, 1.807) is 31.4 Å². The molecule has 4 rings (SSSR count). The highest BCUT2D eigenvalue weighted by atomic mass is 16.5. The monoisotopic (exact) mass is 398 g/mol. The lowest BCUT2D eigenvalue weighted by Crippen LogP contribution is -2.32. The number of imide groups is 1. The Labute approximate surface area is 175 Å². The van der Waals surface area contributed by atoms with Crippen LogP contribution in [0, 0.1) is 13.8 Å². The standard InChI is InChI=1S/C25H22N2O3/c1-16-8-10-18(11-9-16)22-23(26-21-7-5-4-6-17(21)2)25(29)27(24(22)28)19-12-14-20(30-3)15-13-19/h4-15,26H,1-3H3. The number of rotatable bonds is 5. The third-order valence-electron chi connectivity index (χ3n) is 5.16. The number of carbonyl (C=O) groups excluding carboxylic acids is 2. The summed E-state index contributed by atoms with van der Waals surface area (Å²) >= 11 is 0. The van der Waals surface area contributed by atoms with E-state index in [1.807, 2.05) is 62.4 Å². The molecule has 0 fully saturated rings. The highest BCUT2D eigenvalue weighted by Gasteiger charge is 2.40. The van der Waals surface area contributed by atoms with E-state index >= 15 is 0 Å². The number of hydrogen-bond donors (Lipinski definition) is 1. The number of benzene rings is 3. The van der Waals surface area contributed by atoms with Crippen LogP contribution in [-0.2, 0) is 9.59 Å². The van der Waals surface area contributed by atoms with Gasteiger partial charge in [0.15, 0.2) is 0 Å². The van der Waals surface area contributed by atoms with Crippen LogP contribution >= 0.6 is 0 Å². The Bertz CT molecular complexity index is 1150. The summed E-state index contributed by atoms with van der Waals surface area (Å²) in [6.07, 6.45) is 0. The maximum Gasteiger partial charge on any atom is 0.282 e. The minimum Gasteiger partial charge on any atom is -0.497 e. The van der Waals surface area contributed by atoms with Crippen molar-refractivity contribution in [1.82, 2.24) is 0 Å². The molecule has 1 aliphatic rings. The fraction of sp³-hybridized carbons (Fsp3) is 0.120. The summed E-state index contributed by atoms with van der Waals surface area (Å²) in [6, 6.07) is 22.1. The molecule has 0 saturated carbocycles. The highest BCUT2D eigenvalue weighted by molar-refractivity contribution is 6.46. The van der Waals surface area contributed by atoms with Crippen LogP contribution in [0.1, 0.15) is 16.7 Å². The average molecular weight is 398 g/mol. The zero-order chi connectivity index (χ0) is 21.3. The van der Waals surface area contributed by atoms with Crippen LogP contribution in [0.4, 0.5) is 11.4 Å². The lowest BCUT2D eigenvalue weighted by molar-refractivity contribution is -0.120. The third kappa shape index (κ3) is 3.46. The number of nitrogens with zero attached hydrogens (tertiary/aromatic N) is 1. The molecular weight excluding hydrogens is 376 g/mol. The van der Waals surface area contributed by atoms with Crippen molar-refractivity contribution in [3.05, 3.63) is 95.2 Å². The number of hydrogen-bond acceptors (Lipinski definition) is 4. The molecule has 3 aromatic carbocycles. The van der Waals surface area contributed by atoms with Crippen molar-refractivity contribution in [2.45, 2.75) is 13.8 Å². The summed E-state index contributed by atoms with van der Waals surface area (Å²) in [5.74, 6) is -0.0862. The lowest BCUT2D eigenvalue weighted by atomic mass is 10.0. The summed E-state index contributed by atoms with van der Waals surface area (Å²) in [7, 11) is 1.57. The predicted octanol–water partition coefficient (Wildman–Crippen LogP) is 4.71. The minimum absolute atomic E-state index is 0.272. The van der Waals surface area contributed by atoms with Gasteiger partial charge in [0.2, 0.25) is 0 Å². The fourth-order valence-corrected chi connectivity index (χ4v) is 3.45. The lowest BCUT2D eigenvalue weighted by Gasteiger charge is -2.16. The number of anilines is 2. The smallest absolute Gasteiger partial charge is 0.282 e. The average Bonchev–Trinajstić information content (AvgIpc) is 3.00. The number of methoxy groups -OCH3 is 1. The van der Waals surface area contributed by atoms with Crippen LogP contribution in [0.2, 0.25) is 0 Å². The summed E-state index contributed by atoms with van der Waals surface area (Å²) in [4.78, 5) is 28.0. The molecule has 5 heteroatoms.